The van der Waals surface area contributed by atoms with E-state index in [-0.39, 0.29) is 26.0 Å². The van der Waals surface area contributed by atoms with Gasteiger partial charge in [-0.3, -0.25) is 0 Å². The topological polar surface area (TPSA) is 118 Å². The number of ether oxygens (including phenoxy) is 1. The second-order valence-electron chi connectivity index (χ2n) is 4.38. The molecule has 0 fully saturated rings. The van der Waals surface area contributed by atoms with E-state index < -0.39 is 23.9 Å². The fraction of sp³-hybridized carbons (Fsp3) is 0.111. The number of cyclic esters (lactones) is 2. The molecule has 0 saturated heterocycles. The maximum atomic E-state index is 10.8. The van der Waals surface area contributed by atoms with E-state index in [1.54, 1.807) is 24.3 Å². The van der Waals surface area contributed by atoms with Crippen LogP contribution in [0.5, 0.6) is 0 Å². The maximum Gasteiger partial charge on any atom is 0.346 e. The molecule has 0 amide bonds. The number of aromatic carboxylic acids is 2. The molecule has 7 heteroatoms. The summed E-state index contributed by atoms with van der Waals surface area (Å²) in [4.78, 5) is 42.6. The average Bonchev–Trinajstić information content (AvgIpc) is 2.83. The van der Waals surface area contributed by atoms with Gasteiger partial charge in [-0.05, 0) is 24.3 Å². The number of carboxylic acids is 2. The highest BCUT2D eigenvalue weighted by molar-refractivity contribution is 6.14. The summed E-state index contributed by atoms with van der Waals surface area (Å²) in [5.74, 6) is -3.56. The van der Waals surface area contributed by atoms with Crippen molar-refractivity contribution in [3.05, 3.63) is 70.8 Å². The molecule has 25 heavy (non-hydrogen) atoms. The lowest BCUT2D eigenvalue weighted by molar-refractivity contribution is 0.0442. The summed E-state index contributed by atoms with van der Waals surface area (Å²) in [6, 6.07) is 12.0. The Labute approximate surface area is 144 Å². The Balaban J connectivity index is 0.000000427. The van der Waals surface area contributed by atoms with E-state index in [9.17, 15) is 19.2 Å². The predicted molar refractivity (Wildman–Crippen MR) is 90.0 cm³/mol. The molecule has 0 unspecified atom stereocenters. The number of carbonyl (C=O) groups is 4. The average molecular weight is 346 g/mol. The van der Waals surface area contributed by atoms with Gasteiger partial charge in [0, 0.05) is 0 Å². The van der Waals surface area contributed by atoms with Crippen molar-refractivity contribution < 1.29 is 34.1 Å². The Morgan fingerprint density at radius 2 is 1.00 bits per heavy atom. The molecule has 0 radical (unpaired) electrons. The van der Waals surface area contributed by atoms with Crippen molar-refractivity contribution in [1.82, 2.24) is 0 Å². The fourth-order valence-corrected chi connectivity index (χ4v) is 1.89. The number of carboxylic acid groups (broad SMARTS) is 2. The highest BCUT2D eigenvalue weighted by Crippen LogP contribution is 2.18. The second-order valence-corrected chi connectivity index (χ2v) is 4.38. The van der Waals surface area contributed by atoms with E-state index >= 15 is 0 Å². The van der Waals surface area contributed by atoms with Gasteiger partial charge in [0.25, 0.3) is 0 Å². The van der Waals surface area contributed by atoms with Crippen LogP contribution in [0.25, 0.3) is 0 Å². The number of rotatable bonds is 2. The number of carbonyl (C=O) groups excluding carboxylic acids is 2. The van der Waals surface area contributed by atoms with Crippen LogP contribution in [-0.2, 0) is 4.74 Å². The van der Waals surface area contributed by atoms with E-state index in [4.69, 9.17) is 10.2 Å². The molecule has 2 aromatic rings. The van der Waals surface area contributed by atoms with Gasteiger partial charge in [-0.25, -0.2) is 19.2 Å². The van der Waals surface area contributed by atoms with Gasteiger partial charge in [0.05, 0.1) is 22.3 Å². The minimum Gasteiger partial charge on any atom is -0.478 e. The molecule has 1 aliphatic heterocycles. The molecular formula is C18H18O7. The van der Waals surface area contributed by atoms with Gasteiger partial charge >= 0.3 is 23.9 Å². The fourth-order valence-electron chi connectivity index (χ4n) is 1.89. The summed E-state index contributed by atoms with van der Waals surface area (Å²) < 4.78 is 4.35. The lowest BCUT2D eigenvalue weighted by Crippen LogP contribution is -2.06. The van der Waals surface area contributed by atoms with E-state index in [1.807, 2.05) is 0 Å². The summed E-state index contributed by atoms with van der Waals surface area (Å²) in [7, 11) is 0. The van der Waals surface area contributed by atoms with Crippen molar-refractivity contribution in [2.45, 2.75) is 14.9 Å². The van der Waals surface area contributed by atoms with Crippen LogP contribution in [0.15, 0.2) is 48.5 Å². The molecule has 0 aromatic heterocycles. The van der Waals surface area contributed by atoms with E-state index in [0.29, 0.717) is 11.1 Å². The van der Waals surface area contributed by atoms with Crippen LogP contribution in [0, 0.1) is 0 Å². The Hall–Kier alpha value is -3.48. The zero-order valence-corrected chi connectivity index (χ0v) is 11.6. The Morgan fingerprint density at radius 1 is 0.680 bits per heavy atom. The zero-order chi connectivity index (χ0) is 17.0. The van der Waals surface area contributed by atoms with Crippen LogP contribution in [0.1, 0.15) is 56.3 Å². The first-order chi connectivity index (χ1) is 10.9. The highest BCUT2D eigenvalue weighted by atomic mass is 16.6. The molecule has 0 spiro atoms. The Morgan fingerprint density at radius 3 is 1.32 bits per heavy atom. The Kier molecular flexibility index (Phi) is 7.72. The predicted octanol–water partition coefficient (Wildman–Crippen LogP) is 3.35. The number of esters is 2. The van der Waals surface area contributed by atoms with Gasteiger partial charge in [0.2, 0.25) is 0 Å². The molecule has 0 atom stereocenters. The Bertz CT molecular complexity index is 743. The van der Waals surface area contributed by atoms with Gasteiger partial charge < -0.3 is 14.9 Å². The third-order valence-corrected chi connectivity index (χ3v) is 2.94. The van der Waals surface area contributed by atoms with Gasteiger partial charge in [0.1, 0.15) is 0 Å². The number of hydrogen-bond donors (Lipinski definition) is 2. The summed E-state index contributed by atoms with van der Waals surface area (Å²) in [5.41, 5.74) is 0.338. The van der Waals surface area contributed by atoms with E-state index in [2.05, 4.69) is 4.74 Å². The highest BCUT2D eigenvalue weighted by Gasteiger charge is 2.28. The molecule has 0 saturated carbocycles. The van der Waals surface area contributed by atoms with E-state index in [0.717, 1.165) is 0 Å². The van der Waals surface area contributed by atoms with Crippen LogP contribution in [0.2, 0.25) is 0 Å². The van der Waals surface area contributed by atoms with Gasteiger partial charge in [-0.15, -0.1) is 0 Å². The molecule has 7 nitrogen and oxygen atoms in total. The SMILES string of the molecule is C.C.O=C(O)c1ccccc1C(=O)O.O=C1OC(=O)c2ccccc21. The lowest BCUT2D eigenvalue weighted by atomic mass is 10.1. The van der Waals surface area contributed by atoms with Crippen LogP contribution < -0.4 is 0 Å². The monoisotopic (exact) mass is 346 g/mol. The second kappa shape index (κ2) is 8.97. The van der Waals surface area contributed by atoms with Crippen molar-refractivity contribution in [3.63, 3.8) is 0 Å². The normalized spacial score (nSPS) is 10.9. The first kappa shape index (κ1) is 21.5. The number of benzene rings is 2. The van der Waals surface area contributed by atoms with Crippen molar-refractivity contribution in [2.24, 2.45) is 0 Å². The van der Waals surface area contributed by atoms with Crippen molar-refractivity contribution in [1.29, 1.82) is 0 Å². The third kappa shape index (κ3) is 4.74. The van der Waals surface area contributed by atoms with Crippen LogP contribution in [-0.4, -0.2) is 34.1 Å². The van der Waals surface area contributed by atoms with Crippen LogP contribution in [0.4, 0.5) is 0 Å². The first-order valence-electron chi connectivity index (χ1n) is 6.33. The summed E-state index contributed by atoms with van der Waals surface area (Å²) in [6.45, 7) is 0. The van der Waals surface area contributed by atoms with Gasteiger partial charge in [0.15, 0.2) is 0 Å². The quantitative estimate of drug-likeness (QED) is 0.632. The smallest absolute Gasteiger partial charge is 0.346 e. The molecule has 2 N–H and O–H groups in total. The molecule has 1 aliphatic rings. The van der Waals surface area contributed by atoms with Crippen molar-refractivity contribution >= 4 is 23.9 Å². The minimum absolute atomic E-state index is 0. The molecular weight excluding hydrogens is 328 g/mol. The van der Waals surface area contributed by atoms with Gasteiger partial charge in [-0.2, -0.15) is 0 Å². The summed E-state index contributed by atoms with van der Waals surface area (Å²) >= 11 is 0. The van der Waals surface area contributed by atoms with Crippen molar-refractivity contribution in [2.75, 3.05) is 0 Å². The maximum absolute atomic E-state index is 10.8. The molecule has 0 bridgehead atoms. The standard InChI is InChI=1S/C8H6O4.C8H4O3.2CH4/c9-7(10)5-3-1-2-4-6(5)8(11)12;9-7-5-3-1-2-4-6(5)8(10)11-7;;/h1-4H,(H,9,10)(H,11,12);1-4H;2*1H4. The molecule has 0 aliphatic carbocycles. The van der Waals surface area contributed by atoms with Crippen LogP contribution in [0.3, 0.4) is 0 Å². The zero-order valence-electron chi connectivity index (χ0n) is 11.6. The lowest BCUT2D eigenvalue weighted by Gasteiger charge is -1.98. The molecule has 1 heterocycles. The van der Waals surface area contributed by atoms with Crippen molar-refractivity contribution in [3.8, 4) is 0 Å². The number of hydrogen-bond acceptors (Lipinski definition) is 5. The van der Waals surface area contributed by atoms with Gasteiger partial charge in [-0.1, -0.05) is 39.1 Å². The molecule has 2 aromatic carbocycles. The molecule has 132 valence electrons. The van der Waals surface area contributed by atoms with Crippen LogP contribution >= 0.6 is 0 Å². The number of fused-ring (bicyclic) bond motifs is 1. The largest absolute Gasteiger partial charge is 0.478 e. The summed E-state index contributed by atoms with van der Waals surface area (Å²) in [6.07, 6.45) is 0. The minimum atomic E-state index is -1.23. The van der Waals surface area contributed by atoms with E-state index in [1.165, 1.54) is 24.3 Å². The molecule has 3 rings (SSSR count). The first-order valence-corrected chi connectivity index (χ1v) is 6.33. The third-order valence-electron chi connectivity index (χ3n) is 2.94. The summed E-state index contributed by atoms with van der Waals surface area (Å²) in [5, 5.41) is 17.1.